The molecule has 0 saturated carbocycles. The number of imide groups is 1. The largest absolute Gasteiger partial charge is 0.341 e. The molecule has 0 bridgehead atoms. The summed E-state index contributed by atoms with van der Waals surface area (Å²) in [7, 11) is 0. The molecule has 2 aliphatic rings. The Kier molecular flexibility index (Phi) is 7.36. The number of hydrogen-bond donors (Lipinski definition) is 2. The van der Waals surface area contributed by atoms with Crippen LogP contribution in [-0.4, -0.2) is 45.7 Å². The number of amides is 2. The summed E-state index contributed by atoms with van der Waals surface area (Å²) in [6, 6.07) is 11.8. The molecule has 0 aliphatic carbocycles. The molecule has 198 valence electrons. The van der Waals surface area contributed by atoms with Gasteiger partial charge in [-0.25, -0.2) is 14.4 Å². The first-order valence-electron chi connectivity index (χ1n) is 12.7. The van der Waals surface area contributed by atoms with E-state index in [0.29, 0.717) is 34.6 Å². The topological polar surface area (TPSA) is 100 Å². The fourth-order valence-electron chi connectivity index (χ4n) is 4.84. The van der Waals surface area contributed by atoms with Crippen molar-refractivity contribution in [2.75, 3.05) is 24.5 Å². The van der Waals surface area contributed by atoms with Gasteiger partial charge >= 0.3 is 0 Å². The molecule has 6 rings (SSSR count). The maximum absolute atomic E-state index is 14.6. The maximum atomic E-state index is 14.6. The number of piperidine rings is 1. The van der Waals surface area contributed by atoms with Gasteiger partial charge in [0.2, 0.25) is 5.95 Å². The molecule has 11 heteroatoms. The van der Waals surface area contributed by atoms with E-state index < -0.39 is 5.91 Å². The van der Waals surface area contributed by atoms with Crippen molar-refractivity contribution < 1.29 is 14.0 Å². The van der Waals surface area contributed by atoms with E-state index in [1.807, 2.05) is 18.2 Å². The summed E-state index contributed by atoms with van der Waals surface area (Å²) in [5, 5.41) is 8.53. The summed E-state index contributed by atoms with van der Waals surface area (Å²) in [5.41, 5.74) is 3.02. The van der Waals surface area contributed by atoms with E-state index in [1.54, 1.807) is 29.7 Å². The molecule has 8 nitrogen and oxygen atoms in total. The Balaban J connectivity index is 1.03. The third kappa shape index (κ3) is 5.70. The molecule has 2 saturated heterocycles. The molecule has 1 aromatic carbocycles. The number of anilines is 1. The van der Waals surface area contributed by atoms with Crippen molar-refractivity contribution in [2.24, 2.45) is 5.92 Å². The first-order chi connectivity index (χ1) is 19.0. The first kappa shape index (κ1) is 25.6. The second kappa shape index (κ2) is 11.2. The van der Waals surface area contributed by atoms with Crippen LogP contribution in [0.3, 0.4) is 0 Å². The molecule has 2 amide bonds. The number of carbonyl (C=O) groups excluding carboxylic acids is 2. The quantitative estimate of drug-likeness (QED) is 0.297. The molecule has 2 aliphatic heterocycles. The number of hydrogen-bond acceptors (Lipinski definition) is 9. The van der Waals surface area contributed by atoms with Gasteiger partial charge in [0.05, 0.1) is 22.5 Å². The highest BCUT2D eigenvalue weighted by Crippen LogP contribution is 2.33. The smallest absolute Gasteiger partial charge is 0.290 e. The molecule has 0 atom stereocenters. The lowest BCUT2D eigenvalue weighted by Gasteiger charge is -2.32. The molecule has 4 aromatic rings. The average molecular weight is 561 g/mol. The minimum absolute atomic E-state index is 0.301. The fourth-order valence-corrected chi connectivity index (χ4v) is 6.46. The van der Waals surface area contributed by atoms with Crippen LogP contribution in [0.1, 0.15) is 24.1 Å². The van der Waals surface area contributed by atoms with Crippen LogP contribution in [0.4, 0.5) is 15.1 Å². The fraction of sp³-hybridized carbons (Fsp3) is 0.250. The summed E-state index contributed by atoms with van der Waals surface area (Å²) in [6.45, 7) is 2.84. The lowest BCUT2D eigenvalue weighted by atomic mass is 9.97. The molecule has 39 heavy (non-hydrogen) atoms. The van der Waals surface area contributed by atoms with E-state index in [-0.39, 0.29) is 11.1 Å². The number of thiophene rings is 1. The standard InChI is InChI=1S/C28H25FN6O2S2/c29-22-15-32-23(21-16-38-24-4-2-1-3-20(21)24)11-18(22)14-30-13-17-6-9-35(10-7-17)27-31-8-5-19(33-27)12-25-26(36)34-28(37)39-25/h1-5,8,11-12,15-17,30H,6-7,9-10,13-14H2,(H,34,36,37). The Labute approximate surface area is 232 Å². The van der Waals surface area contributed by atoms with Crippen LogP contribution in [0.2, 0.25) is 0 Å². The molecule has 0 unspecified atom stereocenters. The number of nitrogens with zero attached hydrogens (tertiary/aromatic N) is 4. The van der Waals surface area contributed by atoms with Crippen LogP contribution in [-0.2, 0) is 11.3 Å². The van der Waals surface area contributed by atoms with Crippen LogP contribution < -0.4 is 15.5 Å². The lowest BCUT2D eigenvalue weighted by molar-refractivity contribution is -0.115. The van der Waals surface area contributed by atoms with E-state index in [4.69, 9.17) is 0 Å². The zero-order valence-electron chi connectivity index (χ0n) is 20.9. The van der Waals surface area contributed by atoms with Crippen LogP contribution in [0.15, 0.2) is 59.1 Å². The number of rotatable bonds is 7. The van der Waals surface area contributed by atoms with Crippen LogP contribution in [0.25, 0.3) is 27.4 Å². The van der Waals surface area contributed by atoms with Crippen LogP contribution in [0.5, 0.6) is 0 Å². The van der Waals surface area contributed by atoms with Gasteiger partial charge in [0.25, 0.3) is 11.1 Å². The number of thioether (sulfide) groups is 1. The predicted molar refractivity (Wildman–Crippen MR) is 153 cm³/mol. The third-order valence-electron chi connectivity index (χ3n) is 6.92. The van der Waals surface area contributed by atoms with Gasteiger partial charge in [0, 0.05) is 52.4 Å². The molecular formula is C28H25FN6O2S2. The Bertz CT molecular complexity index is 1580. The summed E-state index contributed by atoms with van der Waals surface area (Å²) < 4.78 is 15.8. The van der Waals surface area contributed by atoms with E-state index in [9.17, 15) is 14.0 Å². The summed E-state index contributed by atoms with van der Waals surface area (Å²) in [4.78, 5) is 39.0. The molecular weight excluding hydrogens is 535 g/mol. The van der Waals surface area contributed by atoms with Crippen LogP contribution in [0, 0.1) is 11.7 Å². The Morgan fingerprint density at radius 2 is 2.00 bits per heavy atom. The summed E-state index contributed by atoms with van der Waals surface area (Å²) in [5.74, 6) is 0.367. The predicted octanol–water partition coefficient (Wildman–Crippen LogP) is 5.22. The van der Waals surface area contributed by atoms with Crippen LogP contribution >= 0.6 is 23.1 Å². The zero-order chi connectivity index (χ0) is 26.8. The Hall–Kier alpha value is -3.67. The number of fused-ring (bicyclic) bond motifs is 1. The van der Waals surface area contributed by atoms with Crippen molar-refractivity contribution in [3.63, 3.8) is 0 Å². The van der Waals surface area contributed by atoms with Gasteiger partial charge in [-0.2, -0.15) is 0 Å². The maximum Gasteiger partial charge on any atom is 0.290 e. The minimum Gasteiger partial charge on any atom is -0.341 e. The number of aromatic nitrogens is 3. The van der Waals surface area contributed by atoms with Gasteiger partial charge in [-0.15, -0.1) is 11.3 Å². The minimum atomic E-state index is -0.402. The van der Waals surface area contributed by atoms with Crippen molar-refractivity contribution in [3.8, 4) is 11.3 Å². The van der Waals surface area contributed by atoms with Gasteiger partial charge in [-0.1, -0.05) is 18.2 Å². The highest BCUT2D eigenvalue weighted by atomic mass is 32.2. The van der Waals surface area contributed by atoms with Gasteiger partial charge in [0.1, 0.15) is 5.82 Å². The number of carbonyl (C=O) groups is 2. The number of pyridine rings is 1. The van der Waals surface area contributed by atoms with Crippen molar-refractivity contribution in [1.82, 2.24) is 25.6 Å². The molecule has 0 spiro atoms. The van der Waals surface area contributed by atoms with Gasteiger partial charge in [-0.05, 0) is 61.3 Å². The van der Waals surface area contributed by atoms with E-state index >= 15 is 0 Å². The van der Waals surface area contributed by atoms with Crippen molar-refractivity contribution in [2.45, 2.75) is 19.4 Å². The lowest BCUT2D eigenvalue weighted by Crippen LogP contribution is -2.38. The van der Waals surface area contributed by atoms with E-state index in [0.717, 1.165) is 60.9 Å². The first-order valence-corrected chi connectivity index (χ1v) is 14.4. The Morgan fingerprint density at radius 1 is 1.15 bits per heavy atom. The monoisotopic (exact) mass is 560 g/mol. The van der Waals surface area contributed by atoms with Crippen molar-refractivity contribution in [1.29, 1.82) is 0 Å². The highest BCUT2D eigenvalue weighted by Gasteiger charge is 2.26. The van der Waals surface area contributed by atoms with Gasteiger partial charge in [-0.3, -0.25) is 19.9 Å². The summed E-state index contributed by atoms with van der Waals surface area (Å²) in [6.07, 6.45) is 6.51. The second-order valence-electron chi connectivity index (χ2n) is 9.50. The summed E-state index contributed by atoms with van der Waals surface area (Å²) >= 11 is 2.54. The zero-order valence-corrected chi connectivity index (χ0v) is 22.5. The van der Waals surface area contributed by atoms with E-state index in [1.165, 1.54) is 10.9 Å². The average Bonchev–Trinajstić information content (AvgIpc) is 3.52. The molecule has 0 radical (unpaired) electrons. The normalized spacial score (nSPS) is 17.4. The van der Waals surface area contributed by atoms with Gasteiger partial charge < -0.3 is 10.2 Å². The third-order valence-corrected chi connectivity index (χ3v) is 8.70. The Morgan fingerprint density at radius 3 is 2.82 bits per heavy atom. The second-order valence-corrected chi connectivity index (χ2v) is 11.4. The van der Waals surface area contributed by atoms with Gasteiger partial charge in [0.15, 0.2) is 0 Å². The van der Waals surface area contributed by atoms with E-state index in [2.05, 4.69) is 48.0 Å². The SMILES string of the molecule is O=C1NC(=O)C(=Cc2ccnc(N3CCC(CNCc4cc(-c5csc6ccccc56)ncc4F)CC3)n2)S1. The molecule has 2 N–H and O–H groups in total. The molecule has 5 heterocycles. The number of halogens is 1. The number of nitrogens with one attached hydrogen (secondary N) is 2. The molecule has 2 fully saturated rings. The number of benzene rings is 1. The highest BCUT2D eigenvalue weighted by molar-refractivity contribution is 8.18. The van der Waals surface area contributed by atoms with Crippen molar-refractivity contribution >= 4 is 56.4 Å². The molecule has 3 aromatic heterocycles. The van der Waals surface area contributed by atoms with Crippen molar-refractivity contribution in [3.05, 3.63) is 76.2 Å².